The zero-order valence-electron chi connectivity index (χ0n) is 13.4. The van der Waals surface area contributed by atoms with Crippen LogP contribution < -0.4 is 11.1 Å². The normalized spacial score (nSPS) is 15.8. The maximum absolute atomic E-state index is 6.30. The van der Waals surface area contributed by atoms with Crippen molar-refractivity contribution in [3.63, 3.8) is 0 Å². The lowest BCUT2D eigenvalue weighted by atomic mass is 10.1. The van der Waals surface area contributed by atoms with Crippen LogP contribution in [-0.4, -0.2) is 59.2 Å². The van der Waals surface area contributed by atoms with E-state index in [9.17, 15) is 0 Å². The number of nitrogen functional groups attached to an aromatic ring is 1. The molecular formula is C17H20N6O. The molecule has 3 aromatic rings. The van der Waals surface area contributed by atoms with Gasteiger partial charge in [0.2, 0.25) is 5.95 Å². The van der Waals surface area contributed by atoms with E-state index in [-0.39, 0.29) is 0 Å². The molecule has 24 heavy (non-hydrogen) atoms. The number of hydrogen-bond donors (Lipinski definition) is 2. The predicted octanol–water partition coefficient (Wildman–Crippen LogP) is 1.50. The van der Waals surface area contributed by atoms with E-state index in [0.717, 1.165) is 61.1 Å². The Kier molecular flexibility index (Phi) is 4.10. The molecule has 3 N–H and O–H groups in total. The molecule has 0 atom stereocenters. The first-order chi connectivity index (χ1) is 11.8. The topological polar surface area (TPSA) is 89.2 Å². The molecule has 0 spiro atoms. The van der Waals surface area contributed by atoms with Crippen LogP contribution in [0.25, 0.3) is 21.7 Å². The molecule has 7 nitrogen and oxygen atoms in total. The van der Waals surface area contributed by atoms with Crippen LogP contribution in [0.3, 0.4) is 0 Å². The number of fused-ring (bicyclic) bond motifs is 2. The maximum Gasteiger partial charge on any atom is 0.223 e. The highest BCUT2D eigenvalue weighted by atomic mass is 16.5. The van der Waals surface area contributed by atoms with Gasteiger partial charge in [-0.1, -0.05) is 0 Å². The Morgan fingerprint density at radius 3 is 2.96 bits per heavy atom. The molecule has 4 rings (SSSR count). The van der Waals surface area contributed by atoms with Crippen molar-refractivity contribution >= 4 is 33.3 Å². The van der Waals surface area contributed by atoms with Crippen molar-refractivity contribution in [2.24, 2.45) is 0 Å². The number of nitrogens with one attached hydrogen (secondary N) is 1. The molecule has 1 aromatic carbocycles. The summed E-state index contributed by atoms with van der Waals surface area (Å²) in [6.45, 7) is 5.32. The number of nitrogens with zero attached hydrogens (tertiary/aromatic N) is 4. The van der Waals surface area contributed by atoms with E-state index >= 15 is 0 Å². The molecule has 1 saturated heterocycles. The summed E-state index contributed by atoms with van der Waals surface area (Å²) in [6.07, 6.45) is 5.36. The summed E-state index contributed by atoms with van der Waals surface area (Å²) in [5.41, 5.74) is 7.75. The van der Waals surface area contributed by atoms with Crippen molar-refractivity contribution in [3.8, 4) is 0 Å². The van der Waals surface area contributed by atoms with Crippen LogP contribution in [0.15, 0.2) is 30.7 Å². The van der Waals surface area contributed by atoms with Gasteiger partial charge in [0.05, 0.1) is 24.4 Å². The number of anilines is 2. The minimum Gasteiger partial charge on any atom is -0.396 e. The van der Waals surface area contributed by atoms with E-state index in [1.807, 2.05) is 18.3 Å². The molecule has 1 aliphatic heterocycles. The van der Waals surface area contributed by atoms with Gasteiger partial charge in [0.15, 0.2) is 0 Å². The van der Waals surface area contributed by atoms with Gasteiger partial charge in [-0.15, -0.1) is 0 Å². The van der Waals surface area contributed by atoms with Gasteiger partial charge in [-0.3, -0.25) is 9.88 Å². The third kappa shape index (κ3) is 2.95. The lowest BCUT2D eigenvalue weighted by molar-refractivity contribution is 0.0398. The number of nitrogens with two attached hydrogens (primary N) is 1. The van der Waals surface area contributed by atoms with Gasteiger partial charge in [-0.25, -0.2) is 9.97 Å². The van der Waals surface area contributed by atoms with Crippen LogP contribution in [0.4, 0.5) is 11.6 Å². The van der Waals surface area contributed by atoms with Crippen molar-refractivity contribution in [1.82, 2.24) is 19.9 Å². The number of ether oxygens (including phenoxy) is 1. The average molecular weight is 324 g/mol. The van der Waals surface area contributed by atoms with Crippen molar-refractivity contribution < 1.29 is 4.74 Å². The van der Waals surface area contributed by atoms with Crippen molar-refractivity contribution in [3.05, 3.63) is 30.7 Å². The molecule has 0 unspecified atom stereocenters. The Labute approximate surface area is 139 Å². The smallest absolute Gasteiger partial charge is 0.223 e. The van der Waals surface area contributed by atoms with Gasteiger partial charge in [0.1, 0.15) is 0 Å². The Bertz CT molecular complexity index is 862. The van der Waals surface area contributed by atoms with Crippen LogP contribution in [0.1, 0.15) is 0 Å². The molecular weight excluding hydrogens is 304 g/mol. The average Bonchev–Trinajstić information content (AvgIpc) is 2.63. The Hall–Kier alpha value is -2.51. The predicted molar refractivity (Wildman–Crippen MR) is 95.0 cm³/mol. The summed E-state index contributed by atoms with van der Waals surface area (Å²) in [5.74, 6) is 0.607. The van der Waals surface area contributed by atoms with E-state index < -0.39 is 0 Å². The van der Waals surface area contributed by atoms with E-state index in [0.29, 0.717) is 11.6 Å². The zero-order chi connectivity index (χ0) is 16.4. The number of hydrogen-bond acceptors (Lipinski definition) is 7. The van der Waals surface area contributed by atoms with Gasteiger partial charge in [0, 0.05) is 60.9 Å². The molecule has 0 saturated carbocycles. The second kappa shape index (κ2) is 6.54. The van der Waals surface area contributed by atoms with Gasteiger partial charge in [0.25, 0.3) is 0 Å². The van der Waals surface area contributed by atoms with E-state index in [2.05, 4.69) is 25.2 Å². The first-order valence-electron chi connectivity index (χ1n) is 8.14. The maximum atomic E-state index is 6.30. The van der Waals surface area contributed by atoms with Crippen LogP contribution >= 0.6 is 0 Å². The van der Waals surface area contributed by atoms with Gasteiger partial charge < -0.3 is 15.8 Å². The van der Waals surface area contributed by atoms with Gasteiger partial charge >= 0.3 is 0 Å². The standard InChI is InChI=1S/C17H20N6O/c18-15-14-1-2-19-10-12(14)9-13-11-21-17(22-16(13)15)20-3-4-23-5-7-24-8-6-23/h1-2,9-11H,3-8,18H2,(H,20,21,22). The molecule has 3 heterocycles. The van der Waals surface area contributed by atoms with E-state index in [1.165, 1.54) is 0 Å². The van der Waals surface area contributed by atoms with E-state index in [4.69, 9.17) is 10.5 Å². The third-order valence-electron chi connectivity index (χ3n) is 4.34. The number of pyridine rings is 1. The minimum atomic E-state index is 0.607. The number of rotatable bonds is 4. The first kappa shape index (κ1) is 15.0. The first-order valence-corrected chi connectivity index (χ1v) is 8.14. The summed E-state index contributed by atoms with van der Waals surface area (Å²) in [6, 6.07) is 3.93. The molecule has 0 bridgehead atoms. The molecule has 2 aromatic heterocycles. The molecule has 0 amide bonds. The molecule has 124 valence electrons. The van der Waals surface area contributed by atoms with Crippen LogP contribution in [0.5, 0.6) is 0 Å². The highest BCUT2D eigenvalue weighted by Gasteiger charge is 2.11. The third-order valence-corrected chi connectivity index (χ3v) is 4.34. The quantitative estimate of drug-likeness (QED) is 0.555. The molecule has 1 aliphatic rings. The largest absolute Gasteiger partial charge is 0.396 e. The highest BCUT2D eigenvalue weighted by Crippen LogP contribution is 2.28. The summed E-state index contributed by atoms with van der Waals surface area (Å²) >= 11 is 0. The summed E-state index contributed by atoms with van der Waals surface area (Å²) in [7, 11) is 0. The Balaban J connectivity index is 1.54. The van der Waals surface area contributed by atoms with Gasteiger partial charge in [-0.05, 0) is 12.1 Å². The Morgan fingerprint density at radius 2 is 2.08 bits per heavy atom. The lowest BCUT2D eigenvalue weighted by Crippen LogP contribution is -2.39. The lowest BCUT2D eigenvalue weighted by Gasteiger charge is -2.26. The molecule has 0 radical (unpaired) electrons. The minimum absolute atomic E-state index is 0.607. The molecule has 0 aliphatic carbocycles. The van der Waals surface area contributed by atoms with E-state index in [1.54, 1.807) is 12.4 Å². The summed E-state index contributed by atoms with van der Waals surface area (Å²) < 4.78 is 5.36. The molecule has 1 fully saturated rings. The van der Waals surface area contributed by atoms with Crippen LogP contribution in [0.2, 0.25) is 0 Å². The number of morpholine rings is 1. The fourth-order valence-electron chi connectivity index (χ4n) is 3.01. The SMILES string of the molecule is Nc1c2ccncc2cc2cnc(NCCN3CCOCC3)nc12. The highest BCUT2D eigenvalue weighted by molar-refractivity contribution is 6.08. The summed E-state index contributed by atoms with van der Waals surface area (Å²) in [5, 5.41) is 6.18. The van der Waals surface area contributed by atoms with Gasteiger partial charge in [-0.2, -0.15) is 0 Å². The fourth-order valence-corrected chi connectivity index (χ4v) is 3.01. The molecule has 7 heteroatoms. The second-order valence-electron chi connectivity index (χ2n) is 5.90. The van der Waals surface area contributed by atoms with Crippen LogP contribution in [0, 0.1) is 0 Å². The number of aromatic nitrogens is 3. The number of benzene rings is 1. The van der Waals surface area contributed by atoms with Crippen molar-refractivity contribution in [2.45, 2.75) is 0 Å². The zero-order valence-corrected chi connectivity index (χ0v) is 13.4. The van der Waals surface area contributed by atoms with Crippen molar-refractivity contribution in [1.29, 1.82) is 0 Å². The second-order valence-corrected chi connectivity index (χ2v) is 5.90. The fraction of sp³-hybridized carbons (Fsp3) is 0.353. The van der Waals surface area contributed by atoms with Crippen LogP contribution in [-0.2, 0) is 4.74 Å². The Morgan fingerprint density at radius 1 is 1.21 bits per heavy atom. The van der Waals surface area contributed by atoms with Crippen molar-refractivity contribution in [2.75, 3.05) is 50.4 Å². The monoisotopic (exact) mass is 324 g/mol. The summed E-state index contributed by atoms with van der Waals surface area (Å²) in [4.78, 5) is 15.5.